The van der Waals surface area contributed by atoms with Gasteiger partial charge in [0.05, 0.1) is 19.8 Å². The Kier molecular flexibility index (Phi) is 38.6. The minimum atomic E-state index is -4.63. The largest absolute Gasteiger partial charge is 0.472 e. The molecule has 11 heteroatoms. The van der Waals surface area contributed by atoms with E-state index in [1.807, 2.05) is 12.2 Å². The van der Waals surface area contributed by atoms with Gasteiger partial charge in [0.25, 0.3) is 0 Å². The van der Waals surface area contributed by atoms with E-state index in [1.54, 1.807) is 0 Å². The Hall–Kier alpha value is -2.07. The van der Waals surface area contributed by atoms with Crippen molar-refractivity contribution in [1.82, 2.24) is 0 Å². The zero-order valence-electron chi connectivity index (χ0n) is 34.6. The van der Waals surface area contributed by atoms with Crippen LogP contribution < -0.4 is 0 Å². The van der Waals surface area contributed by atoms with Gasteiger partial charge >= 0.3 is 19.8 Å². The summed E-state index contributed by atoms with van der Waals surface area (Å²) in [7, 11) is -4.63. The van der Waals surface area contributed by atoms with Gasteiger partial charge in [0.1, 0.15) is 12.7 Å². The molecule has 0 aromatic rings. The van der Waals surface area contributed by atoms with Crippen LogP contribution in [0.5, 0.6) is 0 Å². The molecular formula is C44H79O10P. The number of carbonyl (C=O) groups excluding carboxylic acids is 2. The van der Waals surface area contributed by atoms with E-state index >= 15 is 0 Å². The molecule has 3 atom stereocenters. The van der Waals surface area contributed by atoms with Crippen molar-refractivity contribution in [2.75, 3.05) is 26.4 Å². The third-order valence-electron chi connectivity index (χ3n) is 8.99. The van der Waals surface area contributed by atoms with Crippen LogP contribution in [0.1, 0.15) is 181 Å². The highest BCUT2D eigenvalue weighted by atomic mass is 31.2. The van der Waals surface area contributed by atoms with Crippen LogP contribution in [0.4, 0.5) is 0 Å². The number of hydrogen-bond donors (Lipinski definition) is 3. The molecule has 0 bridgehead atoms. The normalized spacial score (nSPS) is 14.3. The molecule has 10 nitrogen and oxygen atoms in total. The standard InChI is InChI=1S/C44H79O10P/c1-3-5-7-9-11-13-15-17-19-20-22-24-26-28-30-32-34-36-44(48)54-42(40-53-55(49,50)52-38-41(46)37-45)39-51-43(47)35-33-31-29-27-25-23-21-18-16-14-12-10-8-6-4-2/h11,13,17,19,22,24,28,30,41-42,45-46H,3-10,12,14-16,18,20-21,23,25-27,29,31-40H2,1-2H3,(H,49,50)/b13-11+,19-17+,24-22+,30-28+/t41-,42+/m0/s1. The summed E-state index contributed by atoms with van der Waals surface area (Å²) in [5, 5.41) is 18.3. The summed E-state index contributed by atoms with van der Waals surface area (Å²) in [4.78, 5) is 34.9. The van der Waals surface area contributed by atoms with Crippen LogP contribution in [0.15, 0.2) is 48.6 Å². The lowest BCUT2D eigenvalue weighted by atomic mass is 10.0. The van der Waals surface area contributed by atoms with Gasteiger partial charge in [-0.25, -0.2) is 4.57 Å². The lowest BCUT2D eigenvalue weighted by molar-refractivity contribution is -0.161. The highest BCUT2D eigenvalue weighted by Crippen LogP contribution is 2.43. The molecule has 0 aromatic heterocycles. The summed E-state index contributed by atoms with van der Waals surface area (Å²) < 4.78 is 32.6. The van der Waals surface area contributed by atoms with Crippen molar-refractivity contribution in [1.29, 1.82) is 0 Å². The van der Waals surface area contributed by atoms with E-state index in [4.69, 9.17) is 19.1 Å². The molecule has 0 heterocycles. The predicted octanol–water partition coefficient (Wildman–Crippen LogP) is 11.3. The second-order valence-electron chi connectivity index (χ2n) is 14.4. The third-order valence-corrected chi connectivity index (χ3v) is 9.94. The number of ether oxygens (including phenoxy) is 2. The van der Waals surface area contributed by atoms with E-state index in [-0.39, 0.29) is 19.4 Å². The minimum absolute atomic E-state index is 0.109. The molecule has 0 aliphatic carbocycles. The number of aliphatic hydroxyl groups is 2. The van der Waals surface area contributed by atoms with Crippen LogP contribution in [-0.2, 0) is 32.7 Å². The molecule has 0 saturated heterocycles. The van der Waals surface area contributed by atoms with Crippen molar-refractivity contribution in [3.63, 3.8) is 0 Å². The van der Waals surface area contributed by atoms with Gasteiger partial charge in [0.2, 0.25) is 0 Å². The van der Waals surface area contributed by atoms with Gasteiger partial charge in [0, 0.05) is 12.8 Å². The van der Waals surface area contributed by atoms with E-state index in [1.165, 1.54) is 89.9 Å². The molecular weight excluding hydrogens is 719 g/mol. The fourth-order valence-corrected chi connectivity index (χ4v) is 6.42. The summed E-state index contributed by atoms with van der Waals surface area (Å²) in [6.07, 6.45) is 42.2. The Labute approximate surface area is 334 Å². The predicted molar refractivity (Wildman–Crippen MR) is 224 cm³/mol. The summed E-state index contributed by atoms with van der Waals surface area (Å²) >= 11 is 0. The molecule has 0 aliphatic rings. The summed E-state index contributed by atoms with van der Waals surface area (Å²) in [5.41, 5.74) is 0. The first kappa shape index (κ1) is 52.9. The summed E-state index contributed by atoms with van der Waals surface area (Å²) in [6.45, 7) is 2.29. The Bertz CT molecular complexity index is 1060. The Morgan fingerprint density at radius 2 is 0.964 bits per heavy atom. The van der Waals surface area contributed by atoms with E-state index in [0.717, 1.165) is 44.9 Å². The number of hydrogen-bond acceptors (Lipinski definition) is 9. The zero-order chi connectivity index (χ0) is 40.5. The Morgan fingerprint density at radius 3 is 1.47 bits per heavy atom. The van der Waals surface area contributed by atoms with Gasteiger partial charge in [-0.3, -0.25) is 18.6 Å². The average Bonchev–Trinajstić information content (AvgIpc) is 3.17. The van der Waals surface area contributed by atoms with Crippen LogP contribution in [-0.4, -0.2) is 65.7 Å². The summed E-state index contributed by atoms with van der Waals surface area (Å²) in [5.74, 6) is -0.988. The van der Waals surface area contributed by atoms with Crippen molar-refractivity contribution in [3.8, 4) is 0 Å². The van der Waals surface area contributed by atoms with Crippen molar-refractivity contribution in [2.24, 2.45) is 0 Å². The molecule has 0 saturated carbocycles. The molecule has 0 fully saturated rings. The average molecular weight is 799 g/mol. The summed E-state index contributed by atoms with van der Waals surface area (Å²) in [6, 6.07) is 0. The lowest BCUT2D eigenvalue weighted by Gasteiger charge is -2.20. The van der Waals surface area contributed by atoms with Crippen LogP contribution >= 0.6 is 7.82 Å². The second kappa shape index (κ2) is 40.1. The topological polar surface area (TPSA) is 149 Å². The number of esters is 2. The maximum Gasteiger partial charge on any atom is 0.472 e. The molecule has 3 N–H and O–H groups in total. The van der Waals surface area contributed by atoms with Gasteiger partial charge in [-0.1, -0.05) is 165 Å². The quantitative estimate of drug-likeness (QED) is 0.0237. The molecule has 1 unspecified atom stereocenters. The van der Waals surface area contributed by atoms with Gasteiger partial charge in [-0.15, -0.1) is 0 Å². The Morgan fingerprint density at radius 1 is 0.545 bits per heavy atom. The van der Waals surface area contributed by atoms with Gasteiger partial charge in [0.15, 0.2) is 6.10 Å². The van der Waals surface area contributed by atoms with Crippen LogP contribution in [0.25, 0.3) is 0 Å². The van der Waals surface area contributed by atoms with E-state index < -0.39 is 51.8 Å². The fraction of sp³-hybridized carbons (Fsp3) is 0.773. The minimum Gasteiger partial charge on any atom is -0.462 e. The highest BCUT2D eigenvalue weighted by molar-refractivity contribution is 7.47. The first-order chi connectivity index (χ1) is 26.7. The zero-order valence-corrected chi connectivity index (χ0v) is 35.5. The molecule has 0 aliphatic heterocycles. The maximum atomic E-state index is 12.6. The smallest absolute Gasteiger partial charge is 0.462 e. The third kappa shape index (κ3) is 39.9. The van der Waals surface area contributed by atoms with Crippen molar-refractivity contribution >= 4 is 19.8 Å². The van der Waals surface area contributed by atoms with Crippen LogP contribution in [0.3, 0.4) is 0 Å². The van der Waals surface area contributed by atoms with E-state index in [2.05, 4.69) is 54.8 Å². The number of phosphoric acid groups is 1. The Balaban J connectivity index is 4.39. The molecule has 0 amide bonds. The molecule has 320 valence electrons. The number of rotatable bonds is 40. The highest BCUT2D eigenvalue weighted by Gasteiger charge is 2.27. The number of unbranched alkanes of at least 4 members (excludes halogenated alkanes) is 18. The molecule has 0 aromatic carbocycles. The monoisotopic (exact) mass is 799 g/mol. The number of aliphatic hydroxyl groups excluding tert-OH is 2. The first-order valence-electron chi connectivity index (χ1n) is 21.6. The van der Waals surface area contributed by atoms with Crippen molar-refractivity contribution in [2.45, 2.75) is 193 Å². The van der Waals surface area contributed by atoms with Gasteiger partial charge in [-0.2, -0.15) is 0 Å². The van der Waals surface area contributed by atoms with Crippen molar-refractivity contribution in [3.05, 3.63) is 48.6 Å². The molecule has 0 spiro atoms. The van der Waals surface area contributed by atoms with Crippen LogP contribution in [0.2, 0.25) is 0 Å². The molecule has 55 heavy (non-hydrogen) atoms. The fourth-order valence-electron chi connectivity index (χ4n) is 5.63. The second-order valence-corrected chi connectivity index (χ2v) is 15.8. The van der Waals surface area contributed by atoms with E-state index in [0.29, 0.717) is 19.3 Å². The number of carbonyl (C=O) groups is 2. The SMILES string of the molecule is CCCCC/C=C/C/C=C/C/C=C/C/C=C/CCCC(=O)O[C@H](COC(=O)CCCCCCCCCCCCCCCCC)COP(=O)(O)OC[C@@H](O)CO. The van der Waals surface area contributed by atoms with Crippen molar-refractivity contribution < 1.29 is 47.8 Å². The van der Waals surface area contributed by atoms with Gasteiger partial charge < -0.3 is 24.6 Å². The number of allylic oxidation sites excluding steroid dienone is 8. The van der Waals surface area contributed by atoms with E-state index in [9.17, 15) is 24.2 Å². The lowest BCUT2D eigenvalue weighted by Crippen LogP contribution is -2.29. The number of phosphoric ester groups is 1. The molecule has 0 rings (SSSR count). The molecule has 0 radical (unpaired) electrons. The maximum absolute atomic E-state index is 12.6. The van der Waals surface area contributed by atoms with Crippen LogP contribution in [0, 0.1) is 0 Å². The van der Waals surface area contributed by atoms with Gasteiger partial charge in [-0.05, 0) is 51.4 Å². The first-order valence-corrected chi connectivity index (χ1v) is 23.1.